The quantitative estimate of drug-likeness (QED) is 0.218. The highest BCUT2D eigenvalue weighted by molar-refractivity contribution is 5.96. The van der Waals surface area contributed by atoms with E-state index in [1.807, 2.05) is 62.1 Å². The van der Waals surface area contributed by atoms with Crippen molar-refractivity contribution in [3.63, 3.8) is 0 Å². The lowest BCUT2D eigenvalue weighted by molar-refractivity contribution is -0.127. The Morgan fingerprint density at radius 2 is 1.43 bits per heavy atom. The number of nitrogens with one attached hydrogen (secondary N) is 2. The molecule has 1 unspecified atom stereocenters. The van der Waals surface area contributed by atoms with Crippen LogP contribution in [0.2, 0.25) is 0 Å². The fraction of sp³-hybridized carbons (Fsp3) is 0.487. The fourth-order valence-corrected chi connectivity index (χ4v) is 7.33. The molecular weight excluding hydrogens is 622 g/mol. The summed E-state index contributed by atoms with van der Waals surface area (Å²) in [5.41, 5.74) is 1.54. The predicted octanol–water partition coefficient (Wildman–Crippen LogP) is 5.51. The molecule has 0 aliphatic carbocycles. The van der Waals surface area contributed by atoms with Crippen LogP contribution < -0.4 is 34.3 Å². The normalized spacial score (nSPS) is 18.4. The van der Waals surface area contributed by atoms with E-state index in [4.69, 9.17) is 23.7 Å². The zero-order valence-corrected chi connectivity index (χ0v) is 29.6. The second kappa shape index (κ2) is 16.3. The first kappa shape index (κ1) is 35.9. The lowest BCUT2D eigenvalue weighted by atomic mass is 9.72. The van der Waals surface area contributed by atoms with E-state index in [-0.39, 0.29) is 11.8 Å². The van der Waals surface area contributed by atoms with Crippen molar-refractivity contribution in [1.82, 2.24) is 15.5 Å². The Balaban J connectivity index is 1.43. The number of hydrogen-bond acceptors (Lipinski definition) is 8. The van der Waals surface area contributed by atoms with E-state index in [1.54, 1.807) is 26.4 Å². The van der Waals surface area contributed by atoms with Crippen LogP contribution in [0.3, 0.4) is 0 Å². The largest absolute Gasteiger partial charge is 0.493 e. The maximum absolute atomic E-state index is 14.2. The van der Waals surface area contributed by atoms with E-state index >= 15 is 0 Å². The van der Waals surface area contributed by atoms with Gasteiger partial charge in [-0.25, -0.2) is 0 Å². The number of benzene rings is 3. The Bertz CT molecular complexity index is 1550. The molecule has 2 saturated heterocycles. The van der Waals surface area contributed by atoms with Crippen molar-refractivity contribution < 1.29 is 33.3 Å². The minimum Gasteiger partial charge on any atom is -0.493 e. The topological polar surface area (TPSA) is 108 Å². The van der Waals surface area contributed by atoms with Gasteiger partial charge in [-0.15, -0.1) is 0 Å². The van der Waals surface area contributed by atoms with Gasteiger partial charge in [0.25, 0.3) is 5.91 Å². The summed E-state index contributed by atoms with van der Waals surface area (Å²) in [6.07, 6.45) is 2.83. The number of hydrogen-bond donors (Lipinski definition) is 2. The number of methoxy groups -OCH3 is 2. The van der Waals surface area contributed by atoms with E-state index in [0.29, 0.717) is 86.6 Å². The van der Waals surface area contributed by atoms with Crippen LogP contribution in [0.5, 0.6) is 28.7 Å². The molecule has 0 aromatic heterocycles. The van der Waals surface area contributed by atoms with Gasteiger partial charge in [-0.2, -0.15) is 0 Å². The van der Waals surface area contributed by atoms with Gasteiger partial charge in [0, 0.05) is 30.6 Å². The van der Waals surface area contributed by atoms with Crippen LogP contribution in [0, 0.1) is 0 Å². The first-order valence-electron chi connectivity index (χ1n) is 17.5. The van der Waals surface area contributed by atoms with Crippen molar-refractivity contribution in [2.24, 2.45) is 0 Å². The smallest absolute Gasteiger partial charge is 0.254 e. The number of amides is 2. The number of rotatable bonds is 15. The predicted molar refractivity (Wildman–Crippen MR) is 190 cm³/mol. The van der Waals surface area contributed by atoms with Crippen molar-refractivity contribution in [3.8, 4) is 28.7 Å². The molecule has 2 N–H and O–H groups in total. The average molecular weight is 674 g/mol. The molecule has 0 saturated carbocycles. The third-order valence-corrected chi connectivity index (χ3v) is 9.90. The van der Waals surface area contributed by atoms with Crippen molar-refractivity contribution in [1.29, 1.82) is 0 Å². The molecule has 10 nitrogen and oxygen atoms in total. The summed E-state index contributed by atoms with van der Waals surface area (Å²) in [7, 11) is 3.24. The molecule has 1 atom stereocenters. The highest BCUT2D eigenvalue weighted by Gasteiger charge is 2.44. The van der Waals surface area contributed by atoms with Crippen LogP contribution in [0.1, 0.15) is 67.9 Å². The van der Waals surface area contributed by atoms with Crippen LogP contribution in [-0.4, -0.2) is 83.5 Å². The van der Waals surface area contributed by atoms with Gasteiger partial charge in [0.2, 0.25) is 11.7 Å². The van der Waals surface area contributed by atoms with Gasteiger partial charge in [-0.05, 0) is 94.9 Å². The van der Waals surface area contributed by atoms with E-state index in [1.165, 1.54) is 0 Å². The Hall–Kier alpha value is -4.44. The van der Waals surface area contributed by atoms with Crippen LogP contribution >= 0.6 is 0 Å². The summed E-state index contributed by atoms with van der Waals surface area (Å²) in [5, 5.41) is 6.74. The molecular formula is C39H51N3O7. The maximum Gasteiger partial charge on any atom is 0.254 e. The van der Waals surface area contributed by atoms with Gasteiger partial charge in [0.15, 0.2) is 23.0 Å². The molecule has 49 heavy (non-hydrogen) atoms. The fourth-order valence-electron chi connectivity index (χ4n) is 7.33. The van der Waals surface area contributed by atoms with Crippen molar-refractivity contribution in [2.45, 2.75) is 57.3 Å². The zero-order valence-electron chi connectivity index (χ0n) is 29.6. The third-order valence-electron chi connectivity index (χ3n) is 9.90. The molecule has 0 radical (unpaired) electrons. The second-order valence-electron chi connectivity index (χ2n) is 12.6. The first-order valence-corrected chi connectivity index (χ1v) is 17.5. The molecule has 2 fully saturated rings. The average Bonchev–Trinajstić information content (AvgIpc) is 3.58. The molecule has 0 spiro atoms. The monoisotopic (exact) mass is 673 g/mol. The number of nitrogens with zero attached hydrogens (tertiary/aromatic N) is 1. The highest BCUT2D eigenvalue weighted by atomic mass is 16.5. The van der Waals surface area contributed by atoms with Gasteiger partial charge in [0.1, 0.15) is 0 Å². The number of carbonyl (C=O) groups excluding carboxylic acids is 2. The lowest BCUT2D eigenvalue weighted by Crippen LogP contribution is -2.51. The van der Waals surface area contributed by atoms with E-state index < -0.39 is 10.8 Å². The zero-order chi connectivity index (χ0) is 34.9. The number of ether oxygens (including phenoxy) is 5. The lowest BCUT2D eigenvalue weighted by Gasteiger charge is -2.37. The van der Waals surface area contributed by atoms with Crippen LogP contribution in [0.15, 0.2) is 60.7 Å². The summed E-state index contributed by atoms with van der Waals surface area (Å²) in [5.74, 6) is 2.66. The van der Waals surface area contributed by atoms with Crippen LogP contribution in [0.4, 0.5) is 0 Å². The SMILES string of the molecule is CCOc1cc(C(=O)N2CCC(CCNC(=O)C3(c4ccccc4)CCNCC3)(c3ccc(OC)c(OC)c3)C2)cc(OCC)c1OCC. The number of piperidine rings is 1. The molecule has 0 bridgehead atoms. The maximum atomic E-state index is 14.2. The molecule has 5 rings (SSSR count). The van der Waals surface area contributed by atoms with E-state index in [9.17, 15) is 9.59 Å². The van der Waals surface area contributed by atoms with E-state index in [2.05, 4.69) is 22.8 Å². The minimum atomic E-state index is -0.579. The van der Waals surface area contributed by atoms with Crippen molar-refractivity contribution >= 4 is 11.8 Å². The van der Waals surface area contributed by atoms with Crippen molar-refractivity contribution in [2.75, 3.05) is 66.8 Å². The number of carbonyl (C=O) groups is 2. The third kappa shape index (κ3) is 7.59. The van der Waals surface area contributed by atoms with Gasteiger partial charge in [-0.1, -0.05) is 36.4 Å². The standard InChI is InChI=1S/C39H51N3O7/c1-6-47-33-24-28(25-34(48-7-2)35(33)49-8-3)36(43)42-23-19-38(27-42,30-14-15-31(45-4)32(26-30)46-5)16-22-41-37(44)39(17-20-40-21-18-39)29-12-10-9-11-13-29/h9-15,24-26,40H,6-8,16-23,27H2,1-5H3,(H,41,44). The van der Waals surface area contributed by atoms with Crippen molar-refractivity contribution in [3.05, 3.63) is 77.4 Å². The Morgan fingerprint density at radius 1 is 0.776 bits per heavy atom. The van der Waals surface area contributed by atoms with Gasteiger partial charge < -0.3 is 39.2 Å². The summed E-state index contributed by atoms with van der Waals surface area (Å²) in [6, 6.07) is 19.6. The van der Waals surface area contributed by atoms with Crippen LogP contribution in [0.25, 0.3) is 0 Å². The summed E-state index contributed by atoms with van der Waals surface area (Å²) in [6.45, 7) is 10.0. The Labute approximate surface area is 290 Å². The van der Waals surface area contributed by atoms with Gasteiger partial charge in [0.05, 0.1) is 39.5 Å². The molecule has 2 aliphatic rings. The molecule has 2 heterocycles. The molecule has 3 aromatic rings. The highest BCUT2D eigenvalue weighted by Crippen LogP contribution is 2.44. The minimum absolute atomic E-state index is 0.0508. The van der Waals surface area contributed by atoms with Crippen LogP contribution in [-0.2, 0) is 15.6 Å². The Kier molecular flexibility index (Phi) is 11.9. The molecule has 2 amide bonds. The molecule has 10 heteroatoms. The Morgan fingerprint density at radius 3 is 2.04 bits per heavy atom. The van der Waals surface area contributed by atoms with Gasteiger partial charge in [-0.3, -0.25) is 9.59 Å². The number of likely N-dealkylation sites (tertiary alicyclic amines) is 1. The summed E-state index contributed by atoms with van der Waals surface area (Å²) < 4.78 is 28.9. The first-order chi connectivity index (χ1) is 23.8. The molecule has 264 valence electrons. The summed E-state index contributed by atoms with van der Waals surface area (Å²) in [4.78, 5) is 30.1. The molecule has 3 aromatic carbocycles. The molecule has 2 aliphatic heterocycles. The van der Waals surface area contributed by atoms with E-state index in [0.717, 1.165) is 37.1 Å². The second-order valence-corrected chi connectivity index (χ2v) is 12.6. The summed E-state index contributed by atoms with van der Waals surface area (Å²) >= 11 is 0. The van der Waals surface area contributed by atoms with Gasteiger partial charge >= 0.3 is 0 Å².